The molecule has 1 fully saturated rings. The van der Waals surface area contributed by atoms with Crippen LogP contribution in [0.15, 0.2) is 34.9 Å². The molecule has 1 aromatic carbocycles. The average Bonchev–Trinajstić information content (AvgIpc) is 3.05. The zero-order valence-corrected chi connectivity index (χ0v) is 14.2. The Hall–Kier alpha value is -2.17. The third-order valence-electron chi connectivity index (χ3n) is 4.47. The molecule has 24 heavy (non-hydrogen) atoms. The van der Waals surface area contributed by atoms with Gasteiger partial charge in [0.15, 0.2) is 5.89 Å². The fourth-order valence-electron chi connectivity index (χ4n) is 3.17. The molecule has 128 valence electrons. The van der Waals surface area contributed by atoms with Crippen molar-refractivity contribution in [1.82, 2.24) is 9.88 Å². The Morgan fingerprint density at radius 2 is 2.21 bits per heavy atom. The zero-order valence-electron chi connectivity index (χ0n) is 14.2. The number of hydrogen-bond acceptors (Lipinski definition) is 3. The highest BCUT2D eigenvalue weighted by atomic mass is 19.1. The Labute approximate surface area is 141 Å². The van der Waals surface area contributed by atoms with E-state index >= 15 is 0 Å². The van der Waals surface area contributed by atoms with E-state index in [2.05, 4.69) is 4.98 Å². The number of carbonyl (C=O) groups is 1. The number of aromatic nitrogens is 1. The highest BCUT2D eigenvalue weighted by molar-refractivity contribution is 5.78. The lowest BCUT2D eigenvalue weighted by atomic mass is 9.97. The molecule has 0 aliphatic carbocycles. The molecule has 0 N–H and O–H groups in total. The average molecular weight is 330 g/mol. The Bertz CT molecular complexity index is 711. The van der Waals surface area contributed by atoms with Crippen molar-refractivity contribution in [3.63, 3.8) is 0 Å². The molecule has 0 radical (unpaired) electrons. The van der Waals surface area contributed by atoms with Crippen LogP contribution in [0.5, 0.6) is 0 Å². The summed E-state index contributed by atoms with van der Waals surface area (Å²) in [4.78, 5) is 18.5. The minimum absolute atomic E-state index is 0.00456. The number of piperidine rings is 1. The fraction of sp³-hybridized carbons (Fsp3) is 0.474. The van der Waals surface area contributed by atoms with Gasteiger partial charge in [0.05, 0.1) is 12.1 Å². The van der Waals surface area contributed by atoms with Crippen LogP contribution in [0.2, 0.25) is 0 Å². The summed E-state index contributed by atoms with van der Waals surface area (Å²) in [6.45, 7) is 5.29. The summed E-state index contributed by atoms with van der Waals surface area (Å²) in [5.74, 6) is 1.38. The zero-order chi connectivity index (χ0) is 17.1. The van der Waals surface area contributed by atoms with Gasteiger partial charge in [0, 0.05) is 25.4 Å². The second-order valence-corrected chi connectivity index (χ2v) is 6.71. The highest BCUT2D eigenvalue weighted by Crippen LogP contribution is 2.28. The van der Waals surface area contributed by atoms with Crippen molar-refractivity contribution in [2.75, 3.05) is 13.1 Å². The van der Waals surface area contributed by atoms with Gasteiger partial charge in [-0.2, -0.15) is 0 Å². The van der Waals surface area contributed by atoms with Crippen LogP contribution in [0.4, 0.5) is 4.39 Å². The van der Waals surface area contributed by atoms with E-state index in [4.69, 9.17) is 4.42 Å². The molecular weight excluding hydrogens is 307 g/mol. The van der Waals surface area contributed by atoms with Crippen molar-refractivity contribution >= 4 is 5.91 Å². The molecule has 1 atom stereocenters. The first-order valence-electron chi connectivity index (χ1n) is 8.51. The Morgan fingerprint density at radius 1 is 1.42 bits per heavy atom. The number of benzene rings is 1. The van der Waals surface area contributed by atoms with E-state index < -0.39 is 0 Å². The molecule has 3 rings (SSSR count). The fourth-order valence-corrected chi connectivity index (χ4v) is 3.17. The molecule has 1 aliphatic rings. The van der Waals surface area contributed by atoms with Crippen LogP contribution in [0, 0.1) is 11.7 Å². The minimum atomic E-state index is -0.234. The molecule has 4 nitrogen and oxygen atoms in total. The number of amides is 1. The first kappa shape index (κ1) is 16.7. The molecule has 0 spiro atoms. The standard InChI is InChI=1S/C19H23FN2O2/c1-13(2)19(23)22-9-5-7-15(12-22)18-21-11-16(24-18)10-14-6-3-4-8-17(14)20/h3-4,6,8,11,13,15H,5,7,9-10,12H2,1-2H3/t15-/m0/s1. The minimum Gasteiger partial charge on any atom is -0.445 e. The van der Waals surface area contributed by atoms with Gasteiger partial charge in [-0.3, -0.25) is 4.79 Å². The van der Waals surface area contributed by atoms with Gasteiger partial charge in [0.2, 0.25) is 5.91 Å². The van der Waals surface area contributed by atoms with E-state index in [-0.39, 0.29) is 23.6 Å². The van der Waals surface area contributed by atoms with Crippen LogP contribution >= 0.6 is 0 Å². The maximum Gasteiger partial charge on any atom is 0.225 e. The predicted octanol–water partition coefficient (Wildman–Crippen LogP) is 3.77. The van der Waals surface area contributed by atoms with Crippen molar-refractivity contribution in [2.45, 2.75) is 39.0 Å². The van der Waals surface area contributed by atoms with Crippen molar-refractivity contribution in [3.8, 4) is 0 Å². The number of oxazole rings is 1. The number of likely N-dealkylation sites (tertiary alicyclic amines) is 1. The molecule has 5 heteroatoms. The van der Waals surface area contributed by atoms with E-state index in [1.165, 1.54) is 6.07 Å². The molecular formula is C19H23FN2O2. The van der Waals surface area contributed by atoms with Crippen molar-refractivity contribution in [1.29, 1.82) is 0 Å². The summed E-state index contributed by atoms with van der Waals surface area (Å²) in [6, 6.07) is 6.68. The first-order chi connectivity index (χ1) is 11.5. The topological polar surface area (TPSA) is 46.3 Å². The second-order valence-electron chi connectivity index (χ2n) is 6.71. The van der Waals surface area contributed by atoms with Gasteiger partial charge < -0.3 is 9.32 Å². The normalized spacial score (nSPS) is 18.2. The maximum atomic E-state index is 13.7. The van der Waals surface area contributed by atoms with Gasteiger partial charge in [-0.05, 0) is 24.5 Å². The summed E-state index contributed by atoms with van der Waals surface area (Å²) in [6.07, 6.45) is 3.97. The number of nitrogens with zero attached hydrogens (tertiary/aromatic N) is 2. The first-order valence-corrected chi connectivity index (χ1v) is 8.51. The van der Waals surface area contributed by atoms with Crippen molar-refractivity contribution in [3.05, 3.63) is 53.5 Å². The Balaban J connectivity index is 1.69. The van der Waals surface area contributed by atoms with Gasteiger partial charge in [0.25, 0.3) is 0 Å². The largest absolute Gasteiger partial charge is 0.445 e. The smallest absolute Gasteiger partial charge is 0.225 e. The lowest BCUT2D eigenvalue weighted by Crippen LogP contribution is -2.41. The van der Waals surface area contributed by atoms with E-state index in [0.717, 1.165) is 19.4 Å². The lowest BCUT2D eigenvalue weighted by molar-refractivity contribution is -0.135. The summed E-state index contributed by atoms with van der Waals surface area (Å²) >= 11 is 0. The number of carbonyl (C=O) groups excluding carboxylic acids is 1. The Morgan fingerprint density at radius 3 is 2.96 bits per heavy atom. The van der Waals surface area contributed by atoms with Crippen LogP contribution in [0.25, 0.3) is 0 Å². The molecule has 1 amide bonds. The quantitative estimate of drug-likeness (QED) is 0.857. The monoisotopic (exact) mass is 330 g/mol. The van der Waals surface area contributed by atoms with Crippen molar-refractivity contribution in [2.24, 2.45) is 5.92 Å². The highest BCUT2D eigenvalue weighted by Gasteiger charge is 2.28. The molecule has 2 aromatic rings. The summed E-state index contributed by atoms with van der Waals surface area (Å²) in [7, 11) is 0. The van der Waals surface area contributed by atoms with Gasteiger partial charge in [0.1, 0.15) is 11.6 Å². The second kappa shape index (κ2) is 7.16. The Kier molecular flexibility index (Phi) is 4.97. The third kappa shape index (κ3) is 3.66. The summed E-state index contributed by atoms with van der Waals surface area (Å²) < 4.78 is 19.6. The lowest BCUT2D eigenvalue weighted by Gasteiger charge is -2.32. The third-order valence-corrected chi connectivity index (χ3v) is 4.47. The summed E-state index contributed by atoms with van der Waals surface area (Å²) in [5.41, 5.74) is 0.598. The van der Waals surface area contributed by atoms with Gasteiger partial charge in [-0.25, -0.2) is 9.37 Å². The van der Waals surface area contributed by atoms with Crippen LogP contribution in [-0.2, 0) is 11.2 Å². The molecule has 1 saturated heterocycles. The summed E-state index contributed by atoms with van der Waals surface area (Å²) in [5, 5.41) is 0. The van der Waals surface area contributed by atoms with Crippen LogP contribution in [0.3, 0.4) is 0 Å². The number of halogens is 1. The number of rotatable bonds is 4. The van der Waals surface area contributed by atoms with E-state index in [0.29, 0.717) is 30.2 Å². The number of hydrogen-bond donors (Lipinski definition) is 0. The van der Waals surface area contributed by atoms with E-state index in [1.807, 2.05) is 24.8 Å². The van der Waals surface area contributed by atoms with Crippen molar-refractivity contribution < 1.29 is 13.6 Å². The van der Waals surface area contributed by atoms with Crippen LogP contribution in [0.1, 0.15) is 49.8 Å². The van der Waals surface area contributed by atoms with E-state index in [1.54, 1.807) is 18.3 Å². The van der Waals surface area contributed by atoms with E-state index in [9.17, 15) is 9.18 Å². The van der Waals surface area contributed by atoms with Crippen LogP contribution < -0.4 is 0 Å². The SMILES string of the molecule is CC(C)C(=O)N1CCC[C@H](c2ncc(Cc3ccccc3F)o2)C1. The van der Waals surface area contributed by atoms with Crippen LogP contribution in [-0.4, -0.2) is 28.9 Å². The molecule has 0 saturated carbocycles. The molecule has 1 aliphatic heterocycles. The maximum absolute atomic E-state index is 13.7. The van der Waals surface area contributed by atoms with Gasteiger partial charge >= 0.3 is 0 Å². The molecule has 2 heterocycles. The molecule has 0 unspecified atom stereocenters. The molecule has 0 bridgehead atoms. The predicted molar refractivity (Wildman–Crippen MR) is 89.1 cm³/mol. The van der Waals surface area contributed by atoms with Gasteiger partial charge in [-0.1, -0.05) is 32.0 Å². The molecule has 1 aromatic heterocycles. The van der Waals surface area contributed by atoms with Gasteiger partial charge in [-0.15, -0.1) is 0 Å².